The number of aliphatic hydroxyl groups excluding tert-OH is 1. The van der Waals surface area contributed by atoms with Gasteiger partial charge in [0.25, 0.3) is 0 Å². The van der Waals surface area contributed by atoms with Crippen LogP contribution >= 0.6 is 0 Å². The van der Waals surface area contributed by atoms with Crippen LogP contribution in [-0.2, 0) is 22.9 Å². The molecule has 1 aromatic carbocycles. The second-order valence-corrected chi connectivity index (χ2v) is 7.36. The van der Waals surface area contributed by atoms with Crippen LogP contribution in [0.3, 0.4) is 0 Å². The quantitative estimate of drug-likeness (QED) is 0.876. The van der Waals surface area contributed by atoms with E-state index in [-0.39, 0.29) is 6.61 Å². The SMILES string of the molecule is O=S(=O)(NC1(CO)CCC1)c1ccc2c(c1)CCC2. The maximum Gasteiger partial charge on any atom is 0.241 e. The number of rotatable bonds is 4. The summed E-state index contributed by atoms with van der Waals surface area (Å²) >= 11 is 0. The van der Waals surface area contributed by atoms with Crippen molar-refractivity contribution in [2.24, 2.45) is 0 Å². The van der Waals surface area contributed by atoms with Gasteiger partial charge in [-0.05, 0) is 61.8 Å². The van der Waals surface area contributed by atoms with Crippen molar-refractivity contribution in [3.05, 3.63) is 29.3 Å². The van der Waals surface area contributed by atoms with Crippen LogP contribution in [0.5, 0.6) is 0 Å². The standard InChI is InChI=1S/C14H19NO3S/c16-10-14(7-2-8-14)15-19(17,18)13-6-5-11-3-1-4-12(11)9-13/h5-6,9,15-16H,1-4,7-8,10H2. The van der Waals surface area contributed by atoms with E-state index in [9.17, 15) is 13.5 Å². The van der Waals surface area contributed by atoms with E-state index in [0.717, 1.165) is 31.2 Å². The van der Waals surface area contributed by atoms with Crippen LogP contribution in [-0.4, -0.2) is 25.7 Å². The van der Waals surface area contributed by atoms with E-state index in [1.54, 1.807) is 12.1 Å². The Bertz CT molecular complexity index is 585. The molecular weight excluding hydrogens is 262 g/mol. The summed E-state index contributed by atoms with van der Waals surface area (Å²) in [4.78, 5) is 0.327. The monoisotopic (exact) mass is 281 g/mol. The largest absolute Gasteiger partial charge is 0.394 e. The second-order valence-electron chi connectivity index (χ2n) is 5.68. The normalized spacial score (nSPS) is 20.9. The number of aliphatic hydroxyl groups is 1. The van der Waals surface area contributed by atoms with Gasteiger partial charge in [0, 0.05) is 0 Å². The highest BCUT2D eigenvalue weighted by molar-refractivity contribution is 7.89. The minimum Gasteiger partial charge on any atom is -0.394 e. The van der Waals surface area contributed by atoms with Crippen molar-refractivity contribution in [3.8, 4) is 0 Å². The van der Waals surface area contributed by atoms with Crippen molar-refractivity contribution in [2.75, 3.05) is 6.61 Å². The zero-order chi connectivity index (χ0) is 13.5. The van der Waals surface area contributed by atoms with Gasteiger partial charge in [0.05, 0.1) is 17.0 Å². The van der Waals surface area contributed by atoms with Gasteiger partial charge in [-0.15, -0.1) is 0 Å². The third-order valence-electron chi connectivity index (χ3n) is 4.34. The predicted octanol–water partition coefficient (Wildman–Crippen LogP) is 1.37. The highest BCUT2D eigenvalue weighted by Crippen LogP contribution is 2.33. The van der Waals surface area contributed by atoms with E-state index in [1.807, 2.05) is 6.07 Å². The van der Waals surface area contributed by atoms with E-state index in [1.165, 1.54) is 5.56 Å². The van der Waals surface area contributed by atoms with Gasteiger partial charge in [0.1, 0.15) is 0 Å². The summed E-state index contributed by atoms with van der Waals surface area (Å²) in [5, 5.41) is 9.37. The lowest BCUT2D eigenvalue weighted by Crippen LogP contribution is -2.55. The van der Waals surface area contributed by atoms with E-state index in [0.29, 0.717) is 17.7 Å². The number of hydrogen-bond donors (Lipinski definition) is 2. The van der Waals surface area contributed by atoms with Crippen molar-refractivity contribution in [3.63, 3.8) is 0 Å². The van der Waals surface area contributed by atoms with Crippen molar-refractivity contribution < 1.29 is 13.5 Å². The van der Waals surface area contributed by atoms with Crippen LogP contribution in [0.25, 0.3) is 0 Å². The highest BCUT2D eigenvalue weighted by Gasteiger charge is 2.40. The molecule has 2 aliphatic rings. The Morgan fingerprint density at radius 2 is 1.89 bits per heavy atom. The molecule has 0 heterocycles. The molecule has 19 heavy (non-hydrogen) atoms. The fraction of sp³-hybridized carbons (Fsp3) is 0.571. The first-order valence-corrected chi connectivity index (χ1v) is 8.30. The zero-order valence-electron chi connectivity index (χ0n) is 10.9. The summed E-state index contributed by atoms with van der Waals surface area (Å²) in [6, 6.07) is 5.38. The minimum absolute atomic E-state index is 0.128. The molecule has 0 spiro atoms. The first-order valence-electron chi connectivity index (χ1n) is 6.81. The van der Waals surface area contributed by atoms with E-state index < -0.39 is 15.6 Å². The molecule has 3 rings (SSSR count). The molecule has 0 atom stereocenters. The third-order valence-corrected chi connectivity index (χ3v) is 5.92. The van der Waals surface area contributed by atoms with Gasteiger partial charge >= 0.3 is 0 Å². The van der Waals surface area contributed by atoms with E-state index in [4.69, 9.17) is 0 Å². The third kappa shape index (κ3) is 2.30. The fourth-order valence-corrected chi connectivity index (χ4v) is 4.46. The Labute approximate surface area is 113 Å². The number of nitrogens with one attached hydrogen (secondary N) is 1. The van der Waals surface area contributed by atoms with Crippen molar-refractivity contribution in [2.45, 2.75) is 49.0 Å². The average molecular weight is 281 g/mol. The molecule has 0 amide bonds. The Kier molecular flexibility index (Phi) is 3.15. The lowest BCUT2D eigenvalue weighted by molar-refractivity contribution is 0.110. The molecule has 0 radical (unpaired) electrons. The summed E-state index contributed by atoms with van der Waals surface area (Å²) in [6.07, 6.45) is 5.51. The maximum absolute atomic E-state index is 12.4. The Morgan fingerprint density at radius 1 is 1.16 bits per heavy atom. The molecule has 0 saturated heterocycles. The van der Waals surface area contributed by atoms with Gasteiger partial charge in [-0.2, -0.15) is 0 Å². The molecule has 1 saturated carbocycles. The number of hydrogen-bond acceptors (Lipinski definition) is 3. The lowest BCUT2D eigenvalue weighted by atomic mass is 9.78. The Hall–Kier alpha value is -0.910. The van der Waals surface area contributed by atoms with Crippen molar-refractivity contribution >= 4 is 10.0 Å². The molecule has 1 fully saturated rings. The van der Waals surface area contributed by atoms with Gasteiger partial charge in [0.15, 0.2) is 0 Å². The van der Waals surface area contributed by atoms with Crippen molar-refractivity contribution in [1.29, 1.82) is 0 Å². The molecule has 5 heteroatoms. The average Bonchev–Trinajstić information content (AvgIpc) is 2.81. The topological polar surface area (TPSA) is 66.4 Å². The zero-order valence-corrected chi connectivity index (χ0v) is 11.7. The molecule has 0 unspecified atom stereocenters. The maximum atomic E-state index is 12.4. The number of benzene rings is 1. The van der Waals surface area contributed by atoms with E-state index >= 15 is 0 Å². The molecule has 104 valence electrons. The number of fused-ring (bicyclic) bond motifs is 1. The highest BCUT2D eigenvalue weighted by atomic mass is 32.2. The van der Waals surface area contributed by atoms with Crippen LogP contribution < -0.4 is 4.72 Å². The van der Waals surface area contributed by atoms with Crippen LogP contribution in [0, 0.1) is 0 Å². The van der Waals surface area contributed by atoms with Crippen LogP contribution in [0.4, 0.5) is 0 Å². The van der Waals surface area contributed by atoms with Gasteiger partial charge in [-0.3, -0.25) is 0 Å². The number of aryl methyl sites for hydroxylation is 2. The van der Waals surface area contributed by atoms with Crippen LogP contribution in [0.2, 0.25) is 0 Å². The smallest absolute Gasteiger partial charge is 0.241 e. The first-order chi connectivity index (χ1) is 9.05. The minimum atomic E-state index is -3.52. The molecule has 2 aliphatic carbocycles. The molecule has 0 aliphatic heterocycles. The Balaban J connectivity index is 1.88. The summed E-state index contributed by atoms with van der Waals surface area (Å²) in [7, 11) is -3.52. The fourth-order valence-electron chi connectivity index (χ4n) is 2.96. The number of sulfonamides is 1. The van der Waals surface area contributed by atoms with Gasteiger partial charge in [0.2, 0.25) is 10.0 Å². The summed E-state index contributed by atoms with van der Waals surface area (Å²) in [5.41, 5.74) is 1.78. The molecular formula is C14H19NO3S. The Morgan fingerprint density at radius 3 is 2.53 bits per heavy atom. The second kappa shape index (κ2) is 4.58. The van der Waals surface area contributed by atoms with Crippen LogP contribution in [0.1, 0.15) is 36.8 Å². The first kappa shape index (κ1) is 13.1. The van der Waals surface area contributed by atoms with Crippen LogP contribution in [0.15, 0.2) is 23.1 Å². The summed E-state index contributed by atoms with van der Waals surface area (Å²) in [5.74, 6) is 0. The van der Waals surface area contributed by atoms with Gasteiger partial charge in [-0.25, -0.2) is 13.1 Å². The van der Waals surface area contributed by atoms with Gasteiger partial charge < -0.3 is 5.11 Å². The lowest BCUT2D eigenvalue weighted by Gasteiger charge is -2.40. The predicted molar refractivity (Wildman–Crippen MR) is 72.5 cm³/mol. The van der Waals surface area contributed by atoms with E-state index in [2.05, 4.69) is 4.72 Å². The molecule has 1 aromatic rings. The molecule has 0 bridgehead atoms. The van der Waals surface area contributed by atoms with Crippen molar-refractivity contribution in [1.82, 2.24) is 4.72 Å². The molecule has 0 aromatic heterocycles. The van der Waals surface area contributed by atoms with Gasteiger partial charge in [-0.1, -0.05) is 6.07 Å². The molecule has 2 N–H and O–H groups in total. The summed E-state index contributed by atoms with van der Waals surface area (Å²) < 4.78 is 27.4. The summed E-state index contributed by atoms with van der Waals surface area (Å²) in [6.45, 7) is -0.128. The molecule has 4 nitrogen and oxygen atoms in total.